The lowest BCUT2D eigenvalue weighted by molar-refractivity contribution is 0.415. The number of anilines is 2. The van der Waals surface area contributed by atoms with Gasteiger partial charge in [0.25, 0.3) is 0 Å². The number of pyridine rings is 2. The number of nitrogens with one attached hydrogen (secondary N) is 2. The minimum atomic E-state index is 0.602. The molecule has 0 atom stereocenters. The molecule has 6 nitrogen and oxygen atoms in total. The normalized spacial score (nSPS) is 10.8. The molecule has 6 heteroatoms. The van der Waals surface area contributed by atoms with Crippen molar-refractivity contribution in [3.63, 3.8) is 0 Å². The van der Waals surface area contributed by atoms with Crippen LogP contribution in [0, 0.1) is 0 Å². The van der Waals surface area contributed by atoms with Crippen molar-refractivity contribution in [1.29, 1.82) is 0 Å². The second kappa shape index (κ2) is 6.76. The van der Waals surface area contributed by atoms with Crippen molar-refractivity contribution in [3.8, 4) is 17.0 Å². The summed E-state index contributed by atoms with van der Waals surface area (Å²) in [6.45, 7) is 0.602. The van der Waals surface area contributed by atoms with Gasteiger partial charge in [0.2, 0.25) is 0 Å². The highest BCUT2D eigenvalue weighted by molar-refractivity contribution is 5.80. The average Bonchev–Trinajstić information content (AvgIpc) is 3.10. The van der Waals surface area contributed by atoms with E-state index in [2.05, 4.69) is 20.3 Å². The maximum Gasteiger partial charge on any atom is 0.150 e. The zero-order valence-corrected chi connectivity index (χ0v) is 14.4. The van der Waals surface area contributed by atoms with Crippen molar-refractivity contribution < 1.29 is 4.74 Å². The molecule has 0 saturated heterocycles. The Morgan fingerprint density at radius 2 is 2.08 bits per heavy atom. The second-order valence-corrected chi connectivity index (χ2v) is 5.93. The first kappa shape index (κ1) is 16.0. The molecule has 130 valence electrons. The molecule has 0 aliphatic rings. The van der Waals surface area contributed by atoms with Crippen LogP contribution in [0.15, 0.2) is 60.9 Å². The first-order chi connectivity index (χ1) is 12.7. The van der Waals surface area contributed by atoms with Crippen LogP contribution in [0.3, 0.4) is 0 Å². The van der Waals surface area contributed by atoms with E-state index in [1.165, 1.54) is 0 Å². The summed E-state index contributed by atoms with van der Waals surface area (Å²) in [5.41, 5.74) is 10.5. The number of benzene rings is 1. The van der Waals surface area contributed by atoms with Crippen LogP contribution in [0.1, 0.15) is 5.56 Å². The molecular formula is C20H19N5O. The van der Waals surface area contributed by atoms with Crippen LogP contribution < -0.4 is 15.8 Å². The van der Waals surface area contributed by atoms with E-state index in [0.29, 0.717) is 18.1 Å². The Bertz CT molecular complexity index is 1060. The number of ether oxygens (including phenoxy) is 1. The van der Waals surface area contributed by atoms with Gasteiger partial charge in [0.05, 0.1) is 18.5 Å². The molecule has 1 aromatic carbocycles. The van der Waals surface area contributed by atoms with E-state index in [-0.39, 0.29) is 0 Å². The van der Waals surface area contributed by atoms with Crippen LogP contribution >= 0.6 is 0 Å². The molecule has 4 rings (SSSR count). The zero-order chi connectivity index (χ0) is 17.9. The molecule has 0 bridgehead atoms. The molecule has 4 aromatic rings. The molecule has 3 aromatic heterocycles. The van der Waals surface area contributed by atoms with Gasteiger partial charge < -0.3 is 20.8 Å². The molecule has 0 fully saturated rings. The van der Waals surface area contributed by atoms with Gasteiger partial charge in [0.15, 0.2) is 0 Å². The highest BCUT2D eigenvalue weighted by Crippen LogP contribution is 2.26. The monoisotopic (exact) mass is 345 g/mol. The van der Waals surface area contributed by atoms with Gasteiger partial charge in [0.1, 0.15) is 17.2 Å². The first-order valence-corrected chi connectivity index (χ1v) is 8.30. The number of methoxy groups -OCH3 is 1. The van der Waals surface area contributed by atoms with Gasteiger partial charge in [-0.05, 0) is 42.0 Å². The van der Waals surface area contributed by atoms with Crippen molar-refractivity contribution >= 4 is 22.5 Å². The molecule has 0 aliphatic carbocycles. The molecule has 4 N–H and O–H groups in total. The minimum Gasteiger partial charge on any atom is -0.497 e. The Labute approximate surface area is 151 Å². The van der Waals surface area contributed by atoms with E-state index < -0.39 is 0 Å². The molecule has 26 heavy (non-hydrogen) atoms. The number of hydrogen-bond donors (Lipinski definition) is 3. The predicted octanol–water partition coefficient (Wildman–Crippen LogP) is 3.83. The Balaban J connectivity index is 1.60. The summed E-state index contributed by atoms with van der Waals surface area (Å²) in [7, 11) is 1.65. The van der Waals surface area contributed by atoms with Crippen LogP contribution in [0.25, 0.3) is 22.3 Å². The van der Waals surface area contributed by atoms with Crippen LogP contribution in [-0.4, -0.2) is 22.1 Å². The van der Waals surface area contributed by atoms with Crippen LogP contribution in [0.5, 0.6) is 5.75 Å². The third-order valence-corrected chi connectivity index (χ3v) is 4.28. The predicted molar refractivity (Wildman–Crippen MR) is 104 cm³/mol. The summed E-state index contributed by atoms with van der Waals surface area (Å²) >= 11 is 0. The zero-order valence-electron chi connectivity index (χ0n) is 14.4. The van der Waals surface area contributed by atoms with Crippen molar-refractivity contribution in [3.05, 3.63) is 66.5 Å². The fourth-order valence-corrected chi connectivity index (χ4v) is 2.89. The van der Waals surface area contributed by atoms with Gasteiger partial charge >= 0.3 is 0 Å². The second-order valence-electron chi connectivity index (χ2n) is 5.93. The summed E-state index contributed by atoms with van der Waals surface area (Å²) in [5.74, 6) is 1.45. The van der Waals surface area contributed by atoms with E-state index in [9.17, 15) is 0 Å². The van der Waals surface area contributed by atoms with Crippen molar-refractivity contribution in [2.75, 3.05) is 18.2 Å². The number of nitrogens with zero attached hydrogens (tertiary/aromatic N) is 2. The molecular weight excluding hydrogens is 326 g/mol. The Morgan fingerprint density at radius 3 is 2.96 bits per heavy atom. The number of rotatable bonds is 5. The standard InChI is InChI=1S/C20H19N5O/c1-26-15-5-2-4-13(10-15)18-8-7-17(21)20(25-18)24-12-14-11-23-19-16(14)6-3-9-22-19/h2-11H,12,21H2,1H3,(H,22,23)(H,24,25). The maximum absolute atomic E-state index is 6.11. The highest BCUT2D eigenvalue weighted by atomic mass is 16.5. The Kier molecular flexibility index (Phi) is 4.15. The number of H-pyrrole nitrogens is 1. The van der Waals surface area contributed by atoms with Crippen molar-refractivity contribution in [2.24, 2.45) is 0 Å². The molecule has 0 radical (unpaired) electrons. The summed E-state index contributed by atoms with van der Waals surface area (Å²) in [6.07, 6.45) is 3.72. The summed E-state index contributed by atoms with van der Waals surface area (Å²) < 4.78 is 5.29. The fourth-order valence-electron chi connectivity index (χ4n) is 2.89. The Morgan fingerprint density at radius 1 is 1.15 bits per heavy atom. The number of nitrogens with two attached hydrogens (primary N) is 1. The highest BCUT2D eigenvalue weighted by Gasteiger charge is 2.08. The quantitative estimate of drug-likeness (QED) is 0.511. The molecule has 0 spiro atoms. The molecule has 0 amide bonds. The smallest absolute Gasteiger partial charge is 0.150 e. The van der Waals surface area contributed by atoms with E-state index in [4.69, 9.17) is 10.5 Å². The third-order valence-electron chi connectivity index (χ3n) is 4.28. The number of aromatic nitrogens is 3. The first-order valence-electron chi connectivity index (χ1n) is 8.30. The van der Waals surface area contributed by atoms with E-state index >= 15 is 0 Å². The van der Waals surface area contributed by atoms with E-state index in [1.54, 1.807) is 13.3 Å². The number of fused-ring (bicyclic) bond motifs is 1. The number of nitrogen functional groups attached to an aromatic ring is 1. The average molecular weight is 345 g/mol. The van der Waals surface area contributed by atoms with E-state index in [1.807, 2.05) is 54.7 Å². The van der Waals surface area contributed by atoms with E-state index in [0.717, 1.165) is 33.6 Å². The van der Waals surface area contributed by atoms with Crippen LogP contribution in [-0.2, 0) is 6.54 Å². The lowest BCUT2D eigenvalue weighted by atomic mass is 10.1. The molecule has 0 unspecified atom stereocenters. The molecule has 0 saturated carbocycles. The van der Waals surface area contributed by atoms with Crippen molar-refractivity contribution in [2.45, 2.75) is 6.54 Å². The van der Waals surface area contributed by atoms with Crippen LogP contribution in [0.4, 0.5) is 11.5 Å². The van der Waals surface area contributed by atoms with Gasteiger partial charge in [-0.3, -0.25) is 0 Å². The topological polar surface area (TPSA) is 88.9 Å². The lowest BCUT2D eigenvalue weighted by Gasteiger charge is -2.11. The minimum absolute atomic E-state index is 0.602. The molecule has 0 aliphatic heterocycles. The van der Waals surface area contributed by atoms with Gasteiger partial charge in [-0.15, -0.1) is 0 Å². The van der Waals surface area contributed by atoms with Gasteiger partial charge in [-0.25, -0.2) is 9.97 Å². The summed E-state index contributed by atoms with van der Waals surface area (Å²) in [4.78, 5) is 12.2. The Hall–Kier alpha value is -3.54. The van der Waals surface area contributed by atoms with Gasteiger partial charge in [-0.1, -0.05) is 12.1 Å². The maximum atomic E-state index is 6.11. The van der Waals surface area contributed by atoms with Gasteiger partial charge in [0, 0.05) is 29.9 Å². The largest absolute Gasteiger partial charge is 0.497 e. The molecule has 3 heterocycles. The van der Waals surface area contributed by atoms with Crippen molar-refractivity contribution in [1.82, 2.24) is 15.0 Å². The summed E-state index contributed by atoms with van der Waals surface area (Å²) in [6, 6.07) is 15.5. The fraction of sp³-hybridized carbons (Fsp3) is 0.100. The van der Waals surface area contributed by atoms with Gasteiger partial charge in [-0.2, -0.15) is 0 Å². The summed E-state index contributed by atoms with van der Waals surface area (Å²) in [5, 5.41) is 4.42. The van der Waals surface area contributed by atoms with Crippen LogP contribution in [0.2, 0.25) is 0 Å². The SMILES string of the molecule is COc1cccc(-c2ccc(N)c(NCc3c[nH]c4ncccc34)n2)c1. The third kappa shape index (κ3) is 3.04. The lowest BCUT2D eigenvalue weighted by Crippen LogP contribution is -2.05. The number of aromatic amines is 1. The number of hydrogen-bond acceptors (Lipinski definition) is 5.